The van der Waals surface area contributed by atoms with Gasteiger partial charge in [0.15, 0.2) is 5.17 Å². The highest BCUT2D eigenvalue weighted by molar-refractivity contribution is 8.13. The monoisotopic (exact) mass is 497 g/mol. The Morgan fingerprint density at radius 2 is 2.21 bits per heavy atom. The third kappa shape index (κ3) is 5.10. The van der Waals surface area contributed by atoms with Crippen molar-refractivity contribution in [2.75, 3.05) is 31.4 Å². The SMILES string of the molecule is COC[C@H]1C[C@H]2CSC(N)=N[C@@]2(c2cc(NC(=O)c3cnc(OC(F)F)cn3)ccc2F)CO1. The molecule has 3 heterocycles. The number of methoxy groups -OCH3 is 1. The molecule has 9 nitrogen and oxygen atoms in total. The number of rotatable bonds is 7. The van der Waals surface area contributed by atoms with Crippen LogP contribution in [0.4, 0.5) is 18.9 Å². The summed E-state index contributed by atoms with van der Waals surface area (Å²) in [5, 5.41) is 2.95. The number of nitrogens with two attached hydrogens (primary N) is 1. The lowest BCUT2D eigenvalue weighted by Gasteiger charge is -2.46. The van der Waals surface area contributed by atoms with E-state index in [0.717, 1.165) is 12.4 Å². The van der Waals surface area contributed by atoms with Crippen LogP contribution in [0.25, 0.3) is 0 Å². The molecule has 1 aromatic carbocycles. The summed E-state index contributed by atoms with van der Waals surface area (Å²) in [6, 6.07) is 4.12. The quantitative estimate of drug-likeness (QED) is 0.599. The summed E-state index contributed by atoms with van der Waals surface area (Å²) in [6.45, 7) is -2.53. The molecule has 4 rings (SSSR count). The van der Waals surface area contributed by atoms with Crippen LogP contribution in [0.2, 0.25) is 0 Å². The fourth-order valence-corrected chi connectivity index (χ4v) is 5.07. The van der Waals surface area contributed by atoms with Crippen LogP contribution in [0.1, 0.15) is 22.5 Å². The van der Waals surface area contributed by atoms with Crippen molar-refractivity contribution in [3.05, 3.63) is 47.7 Å². The molecule has 0 saturated carbocycles. The van der Waals surface area contributed by atoms with Gasteiger partial charge >= 0.3 is 6.61 Å². The predicted octanol–water partition coefficient (Wildman–Crippen LogP) is 2.78. The number of benzene rings is 1. The summed E-state index contributed by atoms with van der Waals surface area (Å²) in [7, 11) is 1.59. The Bertz CT molecular complexity index is 1070. The van der Waals surface area contributed by atoms with Gasteiger partial charge in [-0.2, -0.15) is 8.78 Å². The van der Waals surface area contributed by atoms with Gasteiger partial charge in [-0.3, -0.25) is 4.79 Å². The second-order valence-corrected chi connectivity index (χ2v) is 8.81. The minimum Gasteiger partial charge on any atom is -0.415 e. The van der Waals surface area contributed by atoms with E-state index in [4.69, 9.17) is 15.2 Å². The number of aromatic nitrogens is 2. The van der Waals surface area contributed by atoms with Crippen LogP contribution in [-0.2, 0) is 15.0 Å². The molecule has 0 spiro atoms. The number of alkyl halides is 2. The number of anilines is 1. The van der Waals surface area contributed by atoms with Crippen molar-refractivity contribution in [3.8, 4) is 5.88 Å². The molecule has 1 amide bonds. The number of carbonyl (C=O) groups excluding carboxylic acids is 1. The number of nitrogens with one attached hydrogen (secondary N) is 1. The second kappa shape index (κ2) is 10.2. The molecule has 0 radical (unpaired) electrons. The summed E-state index contributed by atoms with van der Waals surface area (Å²) in [6.07, 6.45) is 2.38. The summed E-state index contributed by atoms with van der Waals surface area (Å²) in [5.74, 6) is -1.02. The normalized spacial score (nSPS) is 24.3. The Kier molecular flexibility index (Phi) is 7.24. The first kappa shape index (κ1) is 24.2. The number of amides is 1. The van der Waals surface area contributed by atoms with Gasteiger partial charge in [0.2, 0.25) is 5.88 Å². The molecule has 2 aliphatic rings. The number of ether oxygens (including phenoxy) is 3. The largest absolute Gasteiger partial charge is 0.415 e. The summed E-state index contributed by atoms with van der Waals surface area (Å²) < 4.78 is 54.9. The van der Waals surface area contributed by atoms with Gasteiger partial charge in [0.05, 0.1) is 31.7 Å². The van der Waals surface area contributed by atoms with Crippen molar-refractivity contribution >= 4 is 28.5 Å². The summed E-state index contributed by atoms with van der Waals surface area (Å²) >= 11 is 1.41. The number of nitrogens with zero attached hydrogens (tertiary/aromatic N) is 3. The van der Waals surface area contributed by atoms with E-state index >= 15 is 4.39 Å². The lowest BCUT2D eigenvalue weighted by Crippen LogP contribution is -2.51. The van der Waals surface area contributed by atoms with Crippen LogP contribution in [0, 0.1) is 11.7 Å². The molecule has 2 aliphatic heterocycles. The van der Waals surface area contributed by atoms with Gasteiger partial charge in [-0.15, -0.1) is 0 Å². The number of fused-ring (bicyclic) bond motifs is 1. The minimum absolute atomic E-state index is 0.0626. The lowest BCUT2D eigenvalue weighted by molar-refractivity contribution is -0.0836. The highest BCUT2D eigenvalue weighted by Crippen LogP contribution is 2.47. The number of hydrogen-bond acceptors (Lipinski definition) is 9. The molecule has 3 N–H and O–H groups in total. The molecule has 1 aromatic heterocycles. The van der Waals surface area contributed by atoms with Gasteiger partial charge in [0.25, 0.3) is 5.91 Å². The van der Waals surface area contributed by atoms with Crippen molar-refractivity contribution in [3.63, 3.8) is 0 Å². The Balaban J connectivity index is 1.59. The molecule has 182 valence electrons. The van der Waals surface area contributed by atoms with Crippen LogP contribution in [0.3, 0.4) is 0 Å². The summed E-state index contributed by atoms with van der Waals surface area (Å²) in [5.41, 5.74) is 5.37. The topological polar surface area (TPSA) is 121 Å². The number of hydrogen-bond donors (Lipinski definition) is 2. The molecular weight excluding hydrogens is 475 g/mol. The number of thioether (sulfide) groups is 1. The molecule has 1 fully saturated rings. The first-order valence-corrected chi connectivity index (χ1v) is 11.3. The van der Waals surface area contributed by atoms with Crippen molar-refractivity contribution in [1.82, 2.24) is 9.97 Å². The van der Waals surface area contributed by atoms with Gasteiger partial charge in [-0.1, -0.05) is 11.8 Å². The molecule has 34 heavy (non-hydrogen) atoms. The highest BCUT2D eigenvalue weighted by atomic mass is 32.2. The van der Waals surface area contributed by atoms with E-state index in [1.807, 2.05) is 0 Å². The van der Waals surface area contributed by atoms with E-state index in [1.54, 1.807) is 7.11 Å². The van der Waals surface area contributed by atoms with Gasteiger partial charge in [-0.05, 0) is 24.6 Å². The fraction of sp³-hybridized carbons (Fsp3) is 0.429. The van der Waals surface area contributed by atoms with Crippen molar-refractivity contribution < 1.29 is 32.2 Å². The zero-order valence-electron chi connectivity index (χ0n) is 18.0. The maximum absolute atomic E-state index is 15.1. The molecule has 0 aliphatic carbocycles. The van der Waals surface area contributed by atoms with E-state index in [9.17, 15) is 13.6 Å². The van der Waals surface area contributed by atoms with Crippen LogP contribution >= 0.6 is 11.8 Å². The zero-order valence-corrected chi connectivity index (χ0v) is 18.9. The van der Waals surface area contributed by atoms with Gasteiger partial charge < -0.3 is 25.3 Å². The van der Waals surface area contributed by atoms with Gasteiger partial charge in [0.1, 0.15) is 17.1 Å². The molecule has 13 heteroatoms. The maximum atomic E-state index is 15.1. The second-order valence-electron chi connectivity index (χ2n) is 7.77. The predicted molar refractivity (Wildman–Crippen MR) is 118 cm³/mol. The third-order valence-electron chi connectivity index (χ3n) is 5.62. The Morgan fingerprint density at radius 1 is 1.38 bits per heavy atom. The molecule has 3 atom stereocenters. The van der Waals surface area contributed by atoms with Crippen LogP contribution in [0.5, 0.6) is 5.88 Å². The Hall–Kier alpha value is -2.90. The van der Waals surface area contributed by atoms with E-state index in [-0.39, 0.29) is 35.6 Å². The average Bonchev–Trinajstić information content (AvgIpc) is 2.80. The fourth-order valence-electron chi connectivity index (χ4n) is 4.06. The molecular formula is C21H22F3N5O4S. The first-order chi connectivity index (χ1) is 16.3. The first-order valence-electron chi connectivity index (χ1n) is 10.3. The van der Waals surface area contributed by atoms with E-state index in [0.29, 0.717) is 23.9 Å². The van der Waals surface area contributed by atoms with Crippen molar-refractivity contribution in [1.29, 1.82) is 0 Å². The molecule has 2 aromatic rings. The van der Waals surface area contributed by atoms with Gasteiger partial charge in [0, 0.05) is 30.0 Å². The molecule has 1 saturated heterocycles. The van der Waals surface area contributed by atoms with Crippen molar-refractivity contribution in [2.45, 2.75) is 24.7 Å². The summed E-state index contributed by atoms with van der Waals surface area (Å²) in [4.78, 5) is 24.6. The Labute approximate surface area is 197 Å². The Morgan fingerprint density at radius 3 is 2.91 bits per heavy atom. The van der Waals surface area contributed by atoms with Gasteiger partial charge in [-0.25, -0.2) is 19.4 Å². The highest BCUT2D eigenvalue weighted by Gasteiger charge is 2.49. The number of aliphatic imine (C=N–C) groups is 1. The maximum Gasteiger partial charge on any atom is 0.388 e. The standard InChI is InChI=1S/C21H22F3N5O4S/c1-31-8-13-4-11-9-34-20(25)29-21(11,10-32-13)14-5-12(2-3-15(14)22)28-18(30)16-6-27-17(7-26-16)33-19(23)24/h2-3,5-7,11,13,19H,4,8-10H2,1H3,(H2,25,29)(H,28,30)/t11-,13+,21-/m0/s1. The average molecular weight is 497 g/mol. The zero-order chi connectivity index (χ0) is 24.3. The van der Waals surface area contributed by atoms with Crippen molar-refractivity contribution in [2.24, 2.45) is 16.6 Å². The molecule has 0 bridgehead atoms. The van der Waals surface area contributed by atoms with Crippen LogP contribution < -0.4 is 15.8 Å². The number of carbonyl (C=O) groups is 1. The van der Waals surface area contributed by atoms with E-state index in [2.05, 4.69) is 25.0 Å². The van der Waals surface area contributed by atoms with E-state index in [1.165, 1.54) is 30.0 Å². The number of halogens is 3. The van der Waals surface area contributed by atoms with Crippen LogP contribution in [-0.4, -0.2) is 59.8 Å². The molecule has 0 unspecified atom stereocenters. The lowest BCUT2D eigenvalue weighted by atomic mass is 9.75. The number of amidine groups is 1. The van der Waals surface area contributed by atoms with Crippen LogP contribution in [0.15, 0.2) is 35.6 Å². The smallest absolute Gasteiger partial charge is 0.388 e. The van der Waals surface area contributed by atoms with E-state index < -0.39 is 29.8 Å². The third-order valence-corrected chi connectivity index (χ3v) is 6.57. The minimum atomic E-state index is -3.06.